The Bertz CT molecular complexity index is 418. The van der Waals surface area contributed by atoms with E-state index in [9.17, 15) is 13.9 Å². The molecule has 0 fully saturated rings. The summed E-state index contributed by atoms with van der Waals surface area (Å²) in [7, 11) is 0. The summed E-state index contributed by atoms with van der Waals surface area (Å²) in [4.78, 5) is 0. The molecule has 0 aliphatic carbocycles. The zero-order valence-corrected chi connectivity index (χ0v) is 11.8. The van der Waals surface area contributed by atoms with Crippen molar-refractivity contribution in [3.63, 3.8) is 0 Å². The third-order valence-electron chi connectivity index (χ3n) is 2.88. The Morgan fingerprint density at radius 1 is 1.22 bits per heavy atom. The summed E-state index contributed by atoms with van der Waals surface area (Å²) in [6.45, 7) is 6.84. The first-order valence-electron chi connectivity index (χ1n) is 5.54. The number of halogens is 3. The minimum atomic E-state index is -1.07. The average Bonchev–Trinajstić information content (AvgIpc) is 2.21. The van der Waals surface area contributed by atoms with Gasteiger partial charge in [0.15, 0.2) is 0 Å². The van der Waals surface area contributed by atoms with E-state index < -0.39 is 29.2 Å². The first-order valence-corrected chi connectivity index (χ1v) is 5.54. The van der Waals surface area contributed by atoms with Crippen molar-refractivity contribution in [1.82, 2.24) is 0 Å². The Morgan fingerprint density at radius 2 is 1.72 bits per heavy atom. The molecule has 2 nitrogen and oxygen atoms in total. The molecule has 5 heteroatoms. The van der Waals surface area contributed by atoms with Crippen LogP contribution in [-0.4, -0.2) is 11.2 Å². The van der Waals surface area contributed by atoms with Gasteiger partial charge in [-0.25, -0.2) is 8.78 Å². The monoisotopic (exact) mass is 279 g/mol. The molecule has 104 valence electrons. The molecule has 1 rings (SSSR count). The maximum atomic E-state index is 13.8. The van der Waals surface area contributed by atoms with Gasteiger partial charge >= 0.3 is 0 Å². The number of hydrogen-bond acceptors (Lipinski definition) is 2. The van der Waals surface area contributed by atoms with E-state index in [0.29, 0.717) is 5.56 Å². The van der Waals surface area contributed by atoms with Crippen LogP contribution in [0.25, 0.3) is 0 Å². The molecule has 0 heterocycles. The minimum Gasteiger partial charge on any atom is -0.391 e. The van der Waals surface area contributed by atoms with Gasteiger partial charge in [0.1, 0.15) is 11.6 Å². The molecule has 1 aromatic carbocycles. The number of aliphatic hydroxyl groups is 1. The van der Waals surface area contributed by atoms with E-state index in [0.717, 1.165) is 0 Å². The van der Waals surface area contributed by atoms with Crippen molar-refractivity contribution in [1.29, 1.82) is 0 Å². The highest BCUT2D eigenvalue weighted by atomic mass is 35.5. The summed E-state index contributed by atoms with van der Waals surface area (Å²) in [6.07, 6.45) is -1.02. The summed E-state index contributed by atoms with van der Waals surface area (Å²) in [5, 5.41) is 9.99. The molecule has 0 bridgehead atoms. The van der Waals surface area contributed by atoms with Crippen molar-refractivity contribution < 1.29 is 13.9 Å². The van der Waals surface area contributed by atoms with Crippen LogP contribution in [0.15, 0.2) is 12.1 Å². The lowest BCUT2D eigenvalue weighted by molar-refractivity contribution is 0.0381. The Hall–Kier alpha value is -0.710. The number of benzene rings is 1. The van der Waals surface area contributed by atoms with Crippen LogP contribution in [0.3, 0.4) is 0 Å². The minimum absolute atomic E-state index is 0. The first-order chi connectivity index (χ1) is 7.66. The van der Waals surface area contributed by atoms with Crippen molar-refractivity contribution in [2.45, 2.75) is 39.8 Å². The molecule has 3 N–H and O–H groups in total. The van der Waals surface area contributed by atoms with Crippen LogP contribution < -0.4 is 5.73 Å². The fraction of sp³-hybridized carbons (Fsp3) is 0.538. The quantitative estimate of drug-likeness (QED) is 0.874. The molecule has 0 unspecified atom stereocenters. The standard InChI is InChI=1S/C13H19F2NO.ClH/c1-7-5-6-8(14)9(10(7)15)11(16)12(17)13(2,3)4;/h5-6,11-12,17H,16H2,1-4H3;1H/t11-,12-;/m1./s1. The molecule has 0 radical (unpaired) electrons. The number of hydrogen-bond donors (Lipinski definition) is 2. The molecular weight excluding hydrogens is 260 g/mol. The lowest BCUT2D eigenvalue weighted by Crippen LogP contribution is -2.38. The fourth-order valence-corrected chi connectivity index (χ4v) is 1.68. The molecule has 0 aliphatic heterocycles. The van der Waals surface area contributed by atoms with E-state index >= 15 is 0 Å². The Labute approximate surface area is 113 Å². The fourth-order valence-electron chi connectivity index (χ4n) is 1.68. The first kappa shape index (κ1) is 17.3. The molecule has 0 aromatic heterocycles. The van der Waals surface area contributed by atoms with Crippen molar-refractivity contribution in [2.75, 3.05) is 0 Å². The second kappa shape index (κ2) is 5.95. The van der Waals surface area contributed by atoms with Crippen LogP contribution in [0.1, 0.15) is 37.9 Å². The third kappa shape index (κ3) is 3.40. The molecule has 0 saturated heterocycles. The average molecular weight is 280 g/mol. The highest BCUT2D eigenvalue weighted by Gasteiger charge is 2.32. The second-order valence-corrected chi connectivity index (χ2v) is 5.43. The van der Waals surface area contributed by atoms with E-state index in [1.165, 1.54) is 19.1 Å². The number of nitrogens with two attached hydrogens (primary N) is 1. The van der Waals surface area contributed by atoms with Crippen molar-refractivity contribution in [3.8, 4) is 0 Å². The van der Waals surface area contributed by atoms with Gasteiger partial charge in [0.05, 0.1) is 12.1 Å². The van der Waals surface area contributed by atoms with Crippen LogP contribution in [0.5, 0.6) is 0 Å². The Balaban J connectivity index is 0.00000289. The topological polar surface area (TPSA) is 46.2 Å². The van der Waals surface area contributed by atoms with Crippen LogP contribution in [-0.2, 0) is 0 Å². The molecular formula is C13H20ClF2NO. The van der Waals surface area contributed by atoms with Crippen LogP contribution in [0.2, 0.25) is 0 Å². The molecule has 0 amide bonds. The SMILES string of the molecule is Cc1ccc(F)c([C@@H](N)[C@@H](O)C(C)(C)C)c1F.Cl. The maximum absolute atomic E-state index is 13.8. The summed E-state index contributed by atoms with van der Waals surface area (Å²) >= 11 is 0. The van der Waals surface area contributed by atoms with E-state index in [1.807, 2.05) is 0 Å². The van der Waals surface area contributed by atoms with E-state index in [-0.39, 0.29) is 18.0 Å². The molecule has 2 atom stereocenters. The van der Waals surface area contributed by atoms with E-state index in [1.54, 1.807) is 20.8 Å². The van der Waals surface area contributed by atoms with Gasteiger partial charge in [0, 0.05) is 5.56 Å². The lowest BCUT2D eigenvalue weighted by atomic mass is 9.82. The van der Waals surface area contributed by atoms with E-state index in [2.05, 4.69) is 0 Å². The summed E-state index contributed by atoms with van der Waals surface area (Å²) in [6, 6.07) is 1.45. The van der Waals surface area contributed by atoms with E-state index in [4.69, 9.17) is 5.73 Å². The second-order valence-electron chi connectivity index (χ2n) is 5.43. The van der Waals surface area contributed by atoms with Gasteiger partial charge in [-0.1, -0.05) is 26.8 Å². The van der Waals surface area contributed by atoms with Crippen LogP contribution in [0, 0.1) is 24.0 Å². The Morgan fingerprint density at radius 3 is 2.17 bits per heavy atom. The largest absolute Gasteiger partial charge is 0.391 e. The number of aryl methyl sites for hydroxylation is 1. The Kier molecular flexibility index (Phi) is 5.72. The van der Waals surface area contributed by atoms with Crippen molar-refractivity contribution >= 4 is 12.4 Å². The lowest BCUT2D eigenvalue weighted by Gasteiger charge is -2.31. The van der Waals surface area contributed by atoms with Crippen LogP contribution in [0.4, 0.5) is 8.78 Å². The highest BCUT2D eigenvalue weighted by molar-refractivity contribution is 5.85. The normalized spacial score (nSPS) is 14.9. The van der Waals surface area contributed by atoms with Crippen LogP contribution >= 0.6 is 12.4 Å². The van der Waals surface area contributed by atoms with Gasteiger partial charge in [-0.3, -0.25) is 0 Å². The molecule has 0 spiro atoms. The summed E-state index contributed by atoms with van der Waals surface area (Å²) < 4.78 is 27.4. The zero-order chi connectivity index (χ0) is 13.4. The molecule has 0 aliphatic rings. The maximum Gasteiger partial charge on any atom is 0.133 e. The van der Waals surface area contributed by atoms with Crippen molar-refractivity contribution in [2.24, 2.45) is 11.1 Å². The highest BCUT2D eigenvalue weighted by Crippen LogP contribution is 2.31. The van der Waals surface area contributed by atoms with Crippen molar-refractivity contribution in [3.05, 3.63) is 34.9 Å². The predicted octanol–water partition coefficient (Wildman–Crippen LogP) is 3.10. The predicted molar refractivity (Wildman–Crippen MR) is 70.7 cm³/mol. The molecule has 18 heavy (non-hydrogen) atoms. The smallest absolute Gasteiger partial charge is 0.133 e. The summed E-state index contributed by atoms with van der Waals surface area (Å²) in [5.41, 5.74) is 5.30. The number of rotatable bonds is 2. The van der Waals surface area contributed by atoms with Gasteiger partial charge in [0.2, 0.25) is 0 Å². The third-order valence-corrected chi connectivity index (χ3v) is 2.88. The molecule has 1 aromatic rings. The zero-order valence-electron chi connectivity index (χ0n) is 11.0. The van der Waals surface area contributed by atoms with Gasteiger partial charge in [-0.2, -0.15) is 0 Å². The van der Waals surface area contributed by atoms with Gasteiger partial charge < -0.3 is 10.8 Å². The molecule has 0 saturated carbocycles. The summed E-state index contributed by atoms with van der Waals surface area (Å²) in [5.74, 6) is -1.40. The van der Waals surface area contributed by atoms with Gasteiger partial charge in [-0.05, 0) is 24.0 Å². The van der Waals surface area contributed by atoms with Gasteiger partial charge in [0.25, 0.3) is 0 Å². The number of aliphatic hydroxyl groups excluding tert-OH is 1. The van der Waals surface area contributed by atoms with Gasteiger partial charge in [-0.15, -0.1) is 12.4 Å².